The predicted molar refractivity (Wildman–Crippen MR) is 94.4 cm³/mol. The number of hydrogen-bond donors (Lipinski definition) is 0. The summed E-state index contributed by atoms with van der Waals surface area (Å²) in [7, 11) is 0. The molecular formula is C19H25BiF2. The third kappa shape index (κ3) is 2.85. The SMILES string of the molecule is Cc1cc(C)[c]([Bi]([CH3])([F])([F])[c]2c(C)cc(C)cc2C)c(C)c1. The first-order valence-electron chi connectivity index (χ1n) is 7.54. The van der Waals surface area contributed by atoms with Crippen LogP contribution in [-0.4, -0.2) is 20.0 Å². The van der Waals surface area contributed by atoms with Crippen LogP contribution in [0.25, 0.3) is 0 Å². The normalized spacial score (nSPS) is 13.8. The molecule has 120 valence electrons. The Morgan fingerprint density at radius 1 is 0.591 bits per heavy atom. The van der Waals surface area contributed by atoms with E-state index >= 15 is 5.25 Å². The van der Waals surface area contributed by atoms with Crippen molar-refractivity contribution < 1.29 is 5.25 Å². The van der Waals surface area contributed by atoms with Crippen molar-refractivity contribution in [2.75, 3.05) is 0 Å². The van der Waals surface area contributed by atoms with Crippen molar-refractivity contribution in [2.45, 2.75) is 46.2 Å². The summed E-state index contributed by atoms with van der Waals surface area (Å²) in [5, 5.41) is 0. The second-order valence-electron chi connectivity index (χ2n) is 6.79. The summed E-state index contributed by atoms with van der Waals surface area (Å²) in [4.78, 5) is 0. The van der Waals surface area contributed by atoms with E-state index < -0.39 is 20.0 Å². The quantitative estimate of drug-likeness (QED) is 0.529. The van der Waals surface area contributed by atoms with Crippen LogP contribution in [0, 0.1) is 41.5 Å². The minimum atomic E-state index is -6.28. The van der Waals surface area contributed by atoms with Crippen LogP contribution in [-0.2, 0) is 0 Å². The van der Waals surface area contributed by atoms with E-state index in [1.807, 2.05) is 65.8 Å². The third-order valence-corrected chi connectivity index (χ3v) is 17.6. The van der Waals surface area contributed by atoms with E-state index in [1.54, 1.807) is 0 Å². The van der Waals surface area contributed by atoms with E-state index in [1.165, 1.54) is 4.63 Å². The average Bonchev–Trinajstić information content (AvgIpc) is 2.22. The molecule has 0 aromatic heterocycles. The number of hydrogen-bond acceptors (Lipinski definition) is 0. The van der Waals surface area contributed by atoms with Gasteiger partial charge in [-0.1, -0.05) is 0 Å². The maximum absolute atomic E-state index is 16.1. The van der Waals surface area contributed by atoms with Gasteiger partial charge in [0.25, 0.3) is 0 Å². The molecule has 0 saturated carbocycles. The molecule has 0 aliphatic heterocycles. The van der Waals surface area contributed by atoms with Gasteiger partial charge in [0.15, 0.2) is 0 Å². The summed E-state index contributed by atoms with van der Waals surface area (Å²) in [6, 6.07) is 7.55. The van der Waals surface area contributed by atoms with Gasteiger partial charge in [0.1, 0.15) is 0 Å². The summed E-state index contributed by atoms with van der Waals surface area (Å²) in [6.07, 6.45) is 0. The van der Waals surface area contributed by atoms with Gasteiger partial charge in [-0.15, -0.1) is 0 Å². The number of benzene rings is 2. The fourth-order valence-corrected chi connectivity index (χ4v) is 18.3. The van der Waals surface area contributed by atoms with E-state index in [9.17, 15) is 0 Å². The van der Waals surface area contributed by atoms with Gasteiger partial charge in [0.05, 0.1) is 0 Å². The van der Waals surface area contributed by atoms with Crippen LogP contribution in [0.2, 0.25) is 4.63 Å². The first kappa shape index (κ1) is 17.5. The van der Waals surface area contributed by atoms with Crippen molar-refractivity contribution in [3.8, 4) is 0 Å². The van der Waals surface area contributed by atoms with Crippen molar-refractivity contribution in [1.82, 2.24) is 0 Å². The van der Waals surface area contributed by atoms with E-state index in [-0.39, 0.29) is 0 Å². The Hall–Kier alpha value is -0.817. The average molecular weight is 500 g/mol. The Kier molecular flexibility index (Phi) is 4.28. The fraction of sp³-hybridized carbons (Fsp3) is 0.368. The Morgan fingerprint density at radius 2 is 0.818 bits per heavy atom. The molecule has 0 N–H and O–H groups in total. The molecule has 0 unspecified atom stereocenters. The number of rotatable bonds is 2. The predicted octanol–water partition coefficient (Wildman–Crippen LogP) is 4.62. The minimum absolute atomic E-state index is 0.339. The molecule has 2 rings (SSSR count). The zero-order valence-electron chi connectivity index (χ0n) is 14.5. The molecule has 0 aliphatic rings. The first-order valence-corrected chi connectivity index (χ1v) is 17.1. The van der Waals surface area contributed by atoms with E-state index in [2.05, 4.69) is 0 Å². The summed E-state index contributed by atoms with van der Waals surface area (Å²) in [6.45, 7) is 11.2. The molecule has 2 aromatic carbocycles. The van der Waals surface area contributed by atoms with Crippen molar-refractivity contribution in [3.05, 3.63) is 57.6 Å². The zero-order chi connectivity index (χ0) is 16.9. The van der Waals surface area contributed by atoms with Gasteiger partial charge in [-0.05, 0) is 0 Å². The van der Waals surface area contributed by atoms with Gasteiger partial charge in [-0.2, -0.15) is 0 Å². The van der Waals surface area contributed by atoms with Gasteiger partial charge >= 0.3 is 136 Å². The molecule has 2 aromatic rings. The standard InChI is InChI=1S/2C9H11.CH3.Bi.2FH/c2*1-7-4-8(2)6-9(3)5-7;;;;/h2*4-5H,1-3H3;1H3;;2*1H/q;;;+2;;/p-2. The summed E-state index contributed by atoms with van der Waals surface area (Å²) >= 11 is -6.28. The molecule has 0 atom stereocenters. The molecule has 0 nitrogen and oxygen atoms in total. The van der Waals surface area contributed by atoms with Crippen LogP contribution in [0.1, 0.15) is 33.4 Å². The molecule has 0 spiro atoms. The van der Waals surface area contributed by atoms with Crippen molar-refractivity contribution in [3.63, 3.8) is 0 Å². The second kappa shape index (κ2) is 5.37. The van der Waals surface area contributed by atoms with E-state index in [0.29, 0.717) is 6.54 Å². The number of aryl methyl sites for hydroxylation is 6. The van der Waals surface area contributed by atoms with Crippen LogP contribution in [0.4, 0.5) is 5.25 Å². The van der Waals surface area contributed by atoms with E-state index in [0.717, 1.165) is 33.4 Å². The summed E-state index contributed by atoms with van der Waals surface area (Å²) < 4.78 is 34.1. The summed E-state index contributed by atoms with van der Waals surface area (Å²) in [5.74, 6) is 0. The zero-order valence-corrected chi connectivity index (χ0v) is 18.0. The van der Waals surface area contributed by atoms with Crippen LogP contribution < -0.4 is 6.54 Å². The molecule has 0 radical (unpaired) electrons. The molecule has 0 saturated heterocycles. The van der Waals surface area contributed by atoms with Gasteiger partial charge in [-0.25, -0.2) is 0 Å². The molecule has 3 heteroatoms. The number of halogens is 2. The Balaban J connectivity index is 2.88. The molecule has 22 heavy (non-hydrogen) atoms. The molecule has 0 aliphatic carbocycles. The topological polar surface area (TPSA) is 0 Å². The van der Waals surface area contributed by atoms with Crippen molar-refractivity contribution in [1.29, 1.82) is 0 Å². The monoisotopic (exact) mass is 500 g/mol. The van der Waals surface area contributed by atoms with Crippen molar-refractivity contribution in [2.24, 2.45) is 0 Å². The molecule has 0 heterocycles. The maximum atomic E-state index is 16.1. The van der Waals surface area contributed by atoms with Gasteiger partial charge < -0.3 is 0 Å². The van der Waals surface area contributed by atoms with Gasteiger partial charge in [-0.3, -0.25) is 0 Å². The van der Waals surface area contributed by atoms with Crippen molar-refractivity contribution >= 4 is 26.5 Å². The van der Waals surface area contributed by atoms with Crippen LogP contribution in [0.3, 0.4) is 0 Å². The van der Waals surface area contributed by atoms with Crippen LogP contribution >= 0.6 is 0 Å². The molecule has 0 fully saturated rings. The Labute approximate surface area is 135 Å². The van der Waals surface area contributed by atoms with Crippen LogP contribution in [0.15, 0.2) is 24.3 Å². The molecule has 0 bridgehead atoms. The molecule has 0 amide bonds. The summed E-state index contributed by atoms with van der Waals surface area (Å²) in [5.41, 5.74) is 5.02. The van der Waals surface area contributed by atoms with E-state index in [4.69, 9.17) is 0 Å². The van der Waals surface area contributed by atoms with Gasteiger partial charge in [0, 0.05) is 0 Å². The Bertz CT molecular complexity index is 644. The van der Waals surface area contributed by atoms with Gasteiger partial charge in [0.2, 0.25) is 0 Å². The van der Waals surface area contributed by atoms with Crippen LogP contribution in [0.5, 0.6) is 0 Å². The Morgan fingerprint density at radius 3 is 1.05 bits per heavy atom. The molecular weight excluding hydrogens is 475 g/mol. The fourth-order valence-electron chi connectivity index (χ4n) is 4.05. The second-order valence-corrected chi connectivity index (χ2v) is 20.4. The first-order chi connectivity index (χ1) is 9.92. The third-order valence-electron chi connectivity index (χ3n) is 4.28.